The summed E-state index contributed by atoms with van der Waals surface area (Å²) in [5, 5.41) is 0. The zero-order valence-corrected chi connectivity index (χ0v) is 9.73. The molecule has 1 amide bonds. The minimum atomic E-state index is -0.249. The smallest absolute Gasteiger partial charge is 0.251 e. The van der Waals surface area contributed by atoms with Gasteiger partial charge in [-0.25, -0.2) is 0 Å². The molecule has 4 heteroatoms. The normalized spacial score (nSPS) is 20.0. The van der Waals surface area contributed by atoms with Crippen LogP contribution in [0.2, 0.25) is 0 Å². The van der Waals surface area contributed by atoms with Gasteiger partial charge in [-0.1, -0.05) is 0 Å². The van der Waals surface area contributed by atoms with Gasteiger partial charge >= 0.3 is 0 Å². The third-order valence-electron chi connectivity index (χ3n) is 2.77. The molecule has 0 saturated carbocycles. The van der Waals surface area contributed by atoms with Gasteiger partial charge in [-0.05, 0) is 31.9 Å². The van der Waals surface area contributed by atoms with Crippen molar-refractivity contribution in [2.45, 2.75) is 32.4 Å². The molecule has 1 aliphatic rings. The highest BCUT2D eigenvalue weighted by atomic mass is 16.5. The summed E-state index contributed by atoms with van der Waals surface area (Å²) in [6, 6.07) is 3.80. The van der Waals surface area contributed by atoms with E-state index in [2.05, 4.69) is 0 Å². The molecule has 1 aromatic rings. The van der Waals surface area contributed by atoms with Crippen LogP contribution in [-0.2, 0) is 16.1 Å². The number of rotatable bonds is 3. The number of ether oxygens (including phenoxy) is 1. The third kappa shape index (κ3) is 2.44. The molecule has 2 heterocycles. The number of carbonyl (C=O) groups excluding carboxylic acids is 1. The Kier molecular flexibility index (Phi) is 3.29. The van der Waals surface area contributed by atoms with Crippen molar-refractivity contribution in [3.8, 4) is 0 Å². The quantitative estimate of drug-likeness (QED) is 0.783. The Balaban J connectivity index is 1.91. The van der Waals surface area contributed by atoms with Crippen molar-refractivity contribution in [2.24, 2.45) is 0 Å². The summed E-state index contributed by atoms with van der Waals surface area (Å²) >= 11 is 0. The number of likely N-dealkylation sites (N-methyl/N-ethyl adjacent to an activating group) is 1. The van der Waals surface area contributed by atoms with E-state index < -0.39 is 0 Å². The second-order valence-electron chi connectivity index (χ2n) is 4.21. The standard InChI is InChI=1S/C12H17NO3/c1-9-5-6-10(16-9)8-13(2)12(14)11-4-3-7-15-11/h5-6,11H,3-4,7-8H2,1-2H3/t11-/m1/s1. The van der Waals surface area contributed by atoms with E-state index in [1.807, 2.05) is 19.1 Å². The molecule has 0 bridgehead atoms. The fourth-order valence-electron chi connectivity index (χ4n) is 1.90. The van der Waals surface area contributed by atoms with Gasteiger partial charge in [0.1, 0.15) is 17.6 Å². The van der Waals surface area contributed by atoms with Gasteiger partial charge in [0, 0.05) is 13.7 Å². The average molecular weight is 223 g/mol. The molecule has 0 N–H and O–H groups in total. The largest absolute Gasteiger partial charge is 0.464 e. The number of amides is 1. The highest BCUT2D eigenvalue weighted by Gasteiger charge is 2.26. The van der Waals surface area contributed by atoms with Crippen LogP contribution in [0.4, 0.5) is 0 Å². The summed E-state index contributed by atoms with van der Waals surface area (Å²) in [5.41, 5.74) is 0. The maximum absolute atomic E-state index is 11.9. The van der Waals surface area contributed by atoms with E-state index in [0.29, 0.717) is 13.2 Å². The van der Waals surface area contributed by atoms with Crippen molar-refractivity contribution >= 4 is 5.91 Å². The van der Waals surface area contributed by atoms with Crippen LogP contribution < -0.4 is 0 Å². The number of aryl methyl sites for hydroxylation is 1. The van der Waals surface area contributed by atoms with Gasteiger partial charge in [-0.15, -0.1) is 0 Å². The second-order valence-corrected chi connectivity index (χ2v) is 4.21. The molecule has 0 unspecified atom stereocenters. The number of hydrogen-bond donors (Lipinski definition) is 0. The molecule has 0 radical (unpaired) electrons. The number of nitrogens with zero attached hydrogens (tertiary/aromatic N) is 1. The molecule has 0 aromatic carbocycles. The second kappa shape index (κ2) is 4.70. The lowest BCUT2D eigenvalue weighted by Gasteiger charge is -2.19. The van der Waals surface area contributed by atoms with E-state index >= 15 is 0 Å². The van der Waals surface area contributed by atoms with E-state index in [-0.39, 0.29) is 12.0 Å². The summed E-state index contributed by atoms with van der Waals surface area (Å²) < 4.78 is 10.8. The Labute approximate surface area is 95.2 Å². The van der Waals surface area contributed by atoms with E-state index in [1.54, 1.807) is 11.9 Å². The molecule has 1 saturated heterocycles. The van der Waals surface area contributed by atoms with E-state index in [4.69, 9.17) is 9.15 Å². The Bertz CT molecular complexity index is 366. The molecule has 16 heavy (non-hydrogen) atoms. The highest BCUT2D eigenvalue weighted by Crippen LogP contribution is 2.16. The van der Waals surface area contributed by atoms with E-state index in [1.165, 1.54) is 0 Å². The Morgan fingerprint density at radius 3 is 2.94 bits per heavy atom. The zero-order chi connectivity index (χ0) is 11.5. The van der Waals surface area contributed by atoms with Crippen LogP contribution in [0, 0.1) is 6.92 Å². The molecular weight excluding hydrogens is 206 g/mol. The number of hydrogen-bond acceptors (Lipinski definition) is 3. The van der Waals surface area contributed by atoms with Gasteiger partial charge in [-0.2, -0.15) is 0 Å². The molecule has 0 aliphatic carbocycles. The minimum Gasteiger partial charge on any atom is -0.464 e. The first-order chi connectivity index (χ1) is 7.66. The first-order valence-corrected chi connectivity index (χ1v) is 5.58. The lowest BCUT2D eigenvalue weighted by molar-refractivity contribution is -0.140. The summed E-state index contributed by atoms with van der Waals surface area (Å²) in [7, 11) is 1.78. The van der Waals surface area contributed by atoms with Crippen LogP contribution >= 0.6 is 0 Å². The Hall–Kier alpha value is -1.29. The summed E-state index contributed by atoms with van der Waals surface area (Å²) in [4.78, 5) is 13.6. The van der Waals surface area contributed by atoms with Crippen molar-refractivity contribution in [1.82, 2.24) is 4.90 Å². The predicted octanol–water partition coefficient (Wildman–Crippen LogP) is 1.73. The van der Waals surface area contributed by atoms with E-state index in [9.17, 15) is 4.79 Å². The van der Waals surface area contributed by atoms with Gasteiger partial charge in [0.15, 0.2) is 0 Å². The fourth-order valence-corrected chi connectivity index (χ4v) is 1.90. The lowest BCUT2D eigenvalue weighted by atomic mass is 10.2. The van der Waals surface area contributed by atoms with Crippen LogP contribution in [0.15, 0.2) is 16.5 Å². The minimum absolute atomic E-state index is 0.0477. The Morgan fingerprint density at radius 1 is 1.56 bits per heavy atom. The molecule has 88 valence electrons. The average Bonchev–Trinajstić information content (AvgIpc) is 2.88. The summed E-state index contributed by atoms with van der Waals surface area (Å²) in [6.45, 7) is 3.10. The molecule has 1 aliphatic heterocycles. The van der Waals surface area contributed by atoms with Crippen LogP contribution in [0.25, 0.3) is 0 Å². The zero-order valence-electron chi connectivity index (χ0n) is 9.73. The lowest BCUT2D eigenvalue weighted by Crippen LogP contribution is -2.35. The maximum atomic E-state index is 11.9. The Morgan fingerprint density at radius 2 is 2.38 bits per heavy atom. The van der Waals surface area contributed by atoms with Gasteiger partial charge in [0.2, 0.25) is 0 Å². The van der Waals surface area contributed by atoms with Gasteiger partial charge in [-0.3, -0.25) is 4.79 Å². The molecule has 2 rings (SSSR count). The van der Waals surface area contributed by atoms with Crippen molar-refractivity contribution in [2.75, 3.05) is 13.7 Å². The molecule has 0 spiro atoms. The molecule has 1 fully saturated rings. The van der Waals surface area contributed by atoms with Gasteiger partial charge < -0.3 is 14.1 Å². The molecule has 4 nitrogen and oxygen atoms in total. The number of carbonyl (C=O) groups is 1. The van der Waals surface area contributed by atoms with E-state index in [0.717, 1.165) is 24.4 Å². The van der Waals surface area contributed by atoms with Crippen LogP contribution in [-0.4, -0.2) is 30.6 Å². The van der Waals surface area contributed by atoms with Crippen molar-refractivity contribution < 1.29 is 13.9 Å². The van der Waals surface area contributed by atoms with Crippen molar-refractivity contribution in [1.29, 1.82) is 0 Å². The first-order valence-electron chi connectivity index (χ1n) is 5.58. The van der Waals surface area contributed by atoms with Gasteiger partial charge in [0.25, 0.3) is 5.91 Å². The fraction of sp³-hybridized carbons (Fsp3) is 0.583. The monoisotopic (exact) mass is 223 g/mol. The topological polar surface area (TPSA) is 42.7 Å². The van der Waals surface area contributed by atoms with Gasteiger partial charge in [0.05, 0.1) is 6.54 Å². The third-order valence-corrected chi connectivity index (χ3v) is 2.77. The molecule has 1 aromatic heterocycles. The first kappa shape index (κ1) is 11.2. The summed E-state index contributed by atoms with van der Waals surface area (Å²) in [5.74, 6) is 1.73. The SMILES string of the molecule is Cc1ccc(CN(C)C(=O)[C@H]2CCCO2)o1. The van der Waals surface area contributed by atoms with Crippen molar-refractivity contribution in [3.05, 3.63) is 23.7 Å². The summed E-state index contributed by atoms with van der Waals surface area (Å²) in [6.07, 6.45) is 1.56. The van der Waals surface area contributed by atoms with Crippen LogP contribution in [0.1, 0.15) is 24.4 Å². The molecular formula is C12H17NO3. The van der Waals surface area contributed by atoms with Crippen LogP contribution in [0.5, 0.6) is 0 Å². The van der Waals surface area contributed by atoms with Crippen LogP contribution in [0.3, 0.4) is 0 Å². The predicted molar refractivity (Wildman–Crippen MR) is 58.9 cm³/mol. The number of furan rings is 1. The molecule has 1 atom stereocenters. The highest BCUT2D eigenvalue weighted by molar-refractivity contribution is 5.80. The maximum Gasteiger partial charge on any atom is 0.251 e. The van der Waals surface area contributed by atoms with Crippen molar-refractivity contribution in [3.63, 3.8) is 0 Å².